The van der Waals surface area contributed by atoms with Crippen LogP contribution in [-0.4, -0.2) is 61.5 Å². The van der Waals surface area contributed by atoms with Gasteiger partial charge in [0.05, 0.1) is 11.8 Å². The van der Waals surface area contributed by atoms with Gasteiger partial charge < -0.3 is 10.6 Å². The van der Waals surface area contributed by atoms with E-state index in [-0.39, 0.29) is 30.1 Å². The third kappa shape index (κ3) is 5.67. The standard InChI is InChI=1S/C17H27N3O3S.ClH/c1-3-24(22,23)19(2)15-9-11-20(12-10-15)17(21)16(18)13-14-7-5-4-6-8-14;/h4-8,15-16H,3,9-13,18H2,1-2H3;1H/t16-;/m0./s1. The van der Waals surface area contributed by atoms with Gasteiger partial charge in [-0.15, -0.1) is 12.4 Å². The van der Waals surface area contributed by atoms with Crippen LogP contribution in [0.4, 0.5) is 0 Å². The van der Waals surface area contributed by atoms with Gasteiger partial charge in [-0.3, -0.25) is 4.79 Å². The molecule has 1 aromatic rings. The van der Waals surface area contributed by atoms with Crippen molar-refractivity contribution in [3.8, 4) is 0 Å². The molecule has 0 unspecified atom stereocenters. The zero-order valence-electron chi connectivity index (χ0n) is 14.8. The van der Waals surface area contributed by atoms with E-state index in [0.29, 0.717) is 32.4 Å². The zero-order valence-corrected chi connectivity index (χ0v) is 16.4. The fraction of sp³-hybridized carbons (Fsp3) is 0.588. The largest absolute Gasteiger partial charge is 0.341 e. The summed E-state index contributed by atoms with van der Waals surface area (Å²) in [7, 11) is -1.56. The average molecular weight is 390 g/mol. The first-order chi connectivity index (χ1) is 11.3. The predicted molar refractivity (Wildman–Crippen MR) is 102 cm³/mol. The number of rotatable bonds is 6. The minimum absolute atomic E-state index is 0. The Morgan fingerprint density at radius 1 is 1.28 bits per heavy atom. The predicted octanol–water partition coefficient (Wildman–Crippen LogP) is 1.25. The van der Waals surface area contributed by atoms with Crippen molar-refractivity contribution in [3.63, 3.8) is 0 Å². The van der Waals surface area contributed by atoms with Crippen LogP contribution in [0.25, 0.3) is 0 Å². The first kappa shape index (κ1) is 21.9. The van der Waals surface area contributed by atoms with Gasteiger partial charge in [-0.1, -0.05) is 30.3 Å². The Balaban J connectivity index is 0.00000312. The molecule has 1 saturated heterocycles. The Morgan fingerprint density at radius 3 is 2.36 bits per heavy atom. The molecule has 0 radical (unpaired) electrons. The van der Waals surface area contributed by atoms with E-state index < -0.39 is 16.1 Å². The molecule has 1 atom stereocenters. The highest BCUT2D eigenvalue weighted by molar-refractivity contribution is 7.89. The van der Waals surface area contributed by atoms with Crippen LogP contribution < -0.4 is 5.73 Å². The molecular weight excluding hydrogens is 362 g/mol. The van der Waals surface area contributed by atoms with Crippen molar-refractivity contribution in [2.75, 3.05) is 25.9 Å². The van der Waals surface area contributed by atoms with Gasteiger partial charge >= 0.3 is 0 Å². The van der Waals surface area contributed by atoms with Crippen LogP contribution in [0.15, 0.2) is 30.3 Å². The second-order valence-corrected chi connectivity index (χ2v) is 8.59. The number of carbonyl (C=O) groups excluding carboxylic acids is 1. The molecule has 1 aliphatic rings. The third-order valence-corrected chi connectivity index (χ3v) is 6.61. The van der Waals surface area contributed by atoms with Crippen LogP contribution >= 0.6 is 12.4 Å². The number of nitrogens with zero attached hydrogens (tertiary/aromatic N) is 2. The molecule has 0 aliphatic carbocycles. The van der Waals surface area contributed by atoms with Crippen molar-refractivity contribution in [2.45, 2.75) is 38.3 Å². The molecule has 1 aliphatic heterocycles. The summed E-state index contributed by atoms with van der Waals surface area (Å²) in [5.41, 5.74) is 7.11. The lowest BCUT2D eigenvalue weighted by Gasteiger charge is -2.37. The summed E-state index contributed by atoms with van der Waals surface area (Å²) in [6.45, 7) is 2.75. The van der Waals surface area contributed by atoms with Crippen LogP contribution in [-0.2, 0) is 21.2 Å². The van der Waals surface area contributed by atoms with Crippen molar-refractivity contribution in [3.05, 3.63) is 35.9 Å². The maximum atomic E-state index is 12.5. The summed E-state index contributed by atoms with van der Waals surface area (Å²) >= 11 is 0. The van der Waals surface area contributed by atoms with Crippen LogP contribution in [0.2, 0.25) is 0 Å². The van der Waals surface area contributed by atoms with E-state index >= 15 is 0 Å². The van der Waals surface area contributed by atoms with Crippen LogP contribution in [0.3, 0.4) is 0 Å². The van der Waals surface area contributed by atoms with Gasteiger partial charge in [0.1, 0.15) is 0 Å². The molecule has 1 fully saturated rings. The molecule has 25 heavy (non-hydrogen) atoms. The summed E-state index contributed by atoms with van der Waals surface area (Å²) in [5, 5.41) is 0. The molecule has 0 saturated carbocycles. The van der Waals surface area contributed by atoms with E-state index in [9.17, 15) is 13.2 Å². The molecule has 0 bridgehead atoms. The second kappa shape index (κ2) is 9.52. The van der Waals surface area contributed by atoms with E-state index in [1.807, 2.05) is 30.3 Å². The maximum absolute atomic E-state index is 12.5. The van der Waals surface area contributed by atoms with Gasteiger partial charge in [0, 0.05) is 26.2 Å². The fourth-order valence-electron chi connectivity index (χ4n) is 3.07. The van der Waals surface area contributed by atoms with E-state index in [2.05, 4.69) is 0 Å². The van der Waals surface area contributed by atoms with Crippen molar-refractivity contribution < 1.29 is 13.2 Å². The zero-order chi connectivity index (χ0) is 17.7. The van der Waals surface area contributed by atoms with Gasteiger partial charge in [-0.05, 0) is 31.7 Å². The number of nitrogens with two attached hydrogens (primary N) is 1. The Morgan fingerprint density at radius 2 is 1.84 bits per heavy atom. The highest BCUT2D eigenvalue weighted by atomic mass is 35.5. The van der Waals surface area contributed by atoms with Gasteiger partial charge in [0.15, 0.2) is 0 Å². The number of hydrogen-bond acceptors (Lipinski definition) is 4. The first-order valence-corrected chi connectivity index (χ1v) is 10.00. The monoisotopic (exact) mass is 389 g/mol. The number of halogens is 1. The molecule has 8 heteroatoms. The number of sulfonamides is 1. The summed E-state index contributed by atoms with van der Waals surface area (Å²) in [4.78, 5) is 14.3. The summed E-state index contributed by atoms with van der Waals surface area (Å²) in [6.07, 6.45) is 1.82. The normalized spacial score (nSPS) is 17.2. The van der Waals surface area contributed by atoms with Gasteiger partial charge in [0.2, 0.25) is 15.9 Å². The lowest BCUT2D eigenvalue weighted by molar-refractivity contribution is -0.133. The van der Waals surface area contributed by atoms with Crippen molar-refractivity contribution in [1.82, 2.24) is 9.21 Å². The number of benzene rings is 1. The molecule has 1 amide bonds. The van der Waals surface area contributed by atoms with Crippen molar-refractivity contribution in [2.24, 2.45) is 5.73 Å². The Hall–Kier alpha value is -1.15. The number of hydrogen-bond donors (Lipinski definition) is 1. The van der Waals surface area contributed by atoms with Crippen molar-refractivity contribution in [1.29, 1.82) is 0 Å². The van der Waals surface area contributed by atoms with Crippen LogP contribution in [0, 0.1) is 0 Å². The minimum Gasteiger partial charge on any atom is -0.341 e. The highest BCUT2D eigenvalue weighted by Crippen LogP contribution is 2.19. The Labute approximate surface area is 156 Å². The van der Waals surface area contributed by atoms with Gasteiger partial charge in [-0.2, -0.15) is 0 Å². The van der Waals surface area contributed by atoms with E-state index in [1.54, 1.807) is 18.9 Å². The van der Waals surface area contributed by atoms with Crippen LogP contribution in [0.5, 0.6) is 0 Å². The van der Waals surface area contributed by atoms with Crippen molar-refractivity contribution >= 4 is 28.3 Å². The highest BCUT2D eigenvalue weighted by Gasteiger charge is 2.31. The molecule has 0 aromatic heterocycles. The molecule has 2 rings (SSSR count). The Bertz CT molecular complexity index is 646. The molecule has 1 heterocycles. The molecule has 1 aromatic carbocycles. The number of likely N-dealkylation sites (tertiary alicyclic amines) is 1. The Kier molecular flexibility index (Phi) is 8.34. The molecule has 142 valence electrons. The van der Waals surface area contributed by atoms with Gasteiger partial charge in [-0.25, -0.2) is 12.7 Å². The summed E-state index contributed by atoms with van der Waals surface area (Å²) in [6, 6.07) is 9.13. The quantitative estimate of drug-likeness (QED) is 0.793. The minimum atomic E-state index is -3.19. The van der Waals surface area contributed by atoms with E-state index in [4.69, 9.17) is 5.73 Å². The average Bonchev–Trinajstić information content (AvgIpc) is 2.61. The molecule has 0 spiro atoms. The van der Waals surface area contributed by atoms with E-state index in [1.165, 1.54) is 4.31 Å². The lowest BCUT2D eigenvalue weighted by Crippen LogP contribution is -2.51. The fourth-order valence-corrected chi connectivity index (χ4v) is 4.14. The second-order valence-electron chi connectivity index (χ2n) is 6.27. The van der Waals surface area contributed by atoms with Gasteiger partial charge in [0.25, 0.3) is 0 Å². The molecule has 2 N–H and O–H groups in total. The third-order valence-electron chi connectivity index (χ3n) is 4.71. The SMILES string of the molecule is CCS(=O)(=O)N(C)C1CCN(C(=O)[C@@H](N)Cc2ccccc2)CC1.Cl. The lowest BCUT2D eigenvalue weighted by atomic mass is 10.0. The number of carbonyl (C=O) groups is 1. The summed E-state index contributed by atoms with van der Waals surface area (Å²) < 4.78 is 25.4. The van der Waals surface area contributed by atoms with E-state index in [0.717, 1.165) is 5.56 Å². The molecule has 6 nitrogen and oxygen atoms in total. The topological polar surface area (TPSA) is 83.7 Å². The maximum Gasteiger partial charge on any atom is 0.239 e. The number of amides is 1. The summed E-state index contributed by atoms with van der Waals surface area (Å²) in [5.74, 6) is 0.0447. The number of piperidine rings is 1. The first-order valence-electron chi connectivity index (χ1n) is 8.39. The molecular formula is C17H28ClN3O3S. The van der Waals surface area contributed by atoms with Crippen LogP contribution in [0.1, 0.15) is 25.3 Å². The smallest absolute Gasteiger partial charge is 0.239 e.